The van der Waals surface area contributed by atoms with E-state index in [1.54, 1.807) is 0 Å². The van der Waals surface area contributed by atoms with Crippen LogP contribution < -0.4 is 0 Å². The minimum atomic E-state index is -4.98. The maximum atomic E-state index is 13.1. The first-order valence-electron chi connectivity index (χ1n) is 40.5. The second-order valence-corrected chi connectivity index (χ2v) is 29.9. The average molecular weight is 1480 g/mol. The van der Waals surface area contributed by atoms with Crippen LogP contribution in [0.4, 0.5) is 0 Å². The van der Waals surface area contributed by atoms with E-state index in [4.69, 9.17) is 37.0 Å². The Labute approximate surface area is 620 Å². The summed E-state index contributed by atoms with van der Waals surface area (Å²) in [5.74, 6) is -2.19. The number of hydrogen-bond donors (Lipinski definition) is 3. The van der Waals surface area contributed by atoms with E-state index in [0.717, 1.165) is 186 Å². The van der Waals surface area contributed by atoms with Crippen molar-refractivity contribution in [3.8, 4) is 0 Å². The molecule has 0 aromatic heterocycles. The first-order valence-corrected chi connectivity index (χ1v) is 43.5. The molecule has 0 fully saturated rings. The van der Waals surface area contributed by atoms with Crippen molar-refractivity contribution in [1.82, 2.24) is 0 Å². The van der Waals surface area contributed by atoms with Gasteiger partial charge in [-0.3, -0.25) is 37.3 Å². The van der Waals surface area contributed by atoms with Crippen LogP contribution in [0, 0.1) is 0 Å². The lowest BCUT2D eigenvalue weighted by Gasteiger charge is -2.21. The van der Waals surface area contributed by atoms with Gasteiger partial charge in [0.15, 0.2) is 12.2 Å². The third-order valence-electron chi connectivity index (χ3n) is 17.0. The van der Waals surface area contributed by atoms with Crippen molar-refractivity contribution in [2.75, 3.05) is 39.6 Å². The molecular formula is C83H146O17P2. The number of allylic oxidation sites excluding steroid dienone is 16. The van der Waals surface area contributed by atoms with E-state index in [0.29, 0.717) is 25.7 Å². The predicted molar refractivity (Wildman–Crippen MR) is 418 cm³/mol. The number of carbonyl (C=O) groups is 4. The standard InChI is InChI=1S/C83H146O17P2/c1-5-9-13-17-21-25-29-32-34-36-38-40-42-45-48-51-55-59-63-67-80(85)93-73-78(99-82(87)69-65-61-57-53-47-28-24-20-16-12-8-4)75-97-101(89,90)95-71-77(84)72-96-102(91,92)98-76-79(100-83(88)70-66-62-58-54-50-44-31-27-23-19-15-11-7-3)74-94-81(86)68-64-60-56-52-49-46-43-41-39-37-35-33-30-26-22-18-14-10-6-2/h9,13,21-22,25-27,31-35,38-41,77-79,84H,5-8,10-12,14-20,23-24,28-30,36-37,42-76H2,1-4H3,(H,89,90)(H,91,92)/b13-9-,25-21-,26-22-,31-27-,34-32-,35-33-,40-38-,41-39-. The molecule has 0 rings (SSSR count). The van der Waals surface area contributed by atoms with E-state index in [-0.39, 0.29) is 25.7 Å². The van der Waals surface area contributed by atoms with Gasteiger partial charge < -0.3 is 33.8 Å². The van der Waals surface area contributed by atoms with Gasteiger partial charge in [0, 0.05) is 25.7 Å². The molecule has 0 radical (unpaired) electrons. The molecule has 102 heavy (non-hydrogen) atoms. The Morgan fingerprint density at radius 3 is 0.824 bits per heavy atom. The monoisotopic (exact) mass is 1480 g/mol. The highest BCUT2D eigenvalue weighted by Crippen LogP contribution is 2.45. The van der Waals surface area contributed by atoms with Crippen LogP contribution in [0.5, 0.6) is 0 Å². The lowest BCUT2D eigenvalue weighted by atomic mass is 10.1. The lowest BCUT2D eigenvalue weighted by Crippen LogP contribution is -2.30. The van der Waals surface area contributed by atoms with Crippen molar-refractivity contribution in [1.29, 1.82) is 0 Å². The fourth-order valence-corrected chi connectivity index (χ4v) is 12.4. The minimum absolute atomic E-state index is 0.0829. The molecule has 17 nitrogen and oxygen atoms in total. The summed E-state index contributed by atoms with van der Waals surface area (Å²) in [5, 5.41) is 10.6. The van der Waals surface area contributed by atoms with Gasteiger partial charge in [-0.25, -0.2) is 9.13 Å². The maximum absolute atomic E-state index is 13.1. The zero-order chi connectivity index (χ0) is 74.6. The summed E-state index contributed by atoms with van der Waals surface area (Å²) >= 11 is 0. The SMILES string of the molecule is CC/C=C\C/C=C\C/C=C\C/C=C\CCCCCCCCC(=O)OCC(COP(=O)(O)OCC(O)COP(=O)(O)OCC(COC(=O)CCCCCCCC/C=C\C/C=C\C/C=C\CCCCC)OC(=O)CCCCCCC/C=C\CCCCCC)OC(=O)CCCCCCCCCCCCC. The molecule has 0 saturated carbocycles. The third kappa shape index (κ3) is 74.3. The van der Waals surface area contributed by atoms with Gasteiger partial charge >= 0.3 is 39.5 Å². The molecule has 0 heterocycles. The fraction of sp³-hybridized carbons (Fsp3) is 0.759. The summed E-state index contributed by atoms with van der Waals surface area (Å²) < 4.78 is 68.6. The summed E-state index contributed by atoms with van der Waals surface area (Å²) in [4.78, 5) is 73.0. The van der Waals surface area contributed by atoms with Gasteiger partial charge in [0.1, 0.15) is 19.3 Å². The van der Waals surface area contributed by atoms with Crippen LogP contribution in [0.25, 0.3) is 0 Å². The van der Waals surface area contributed by atoms with Crippen LogP contribution in [0.3, 0.4) is 0 Å². The first kappa shape index (κ1) is 98.0. The predicted octanol–water partition coefficient (Wildman–Crippen LogP) is 23.6. The van der Waals surface area contributed by atoms with Gasteiger partial charge in [-0.05, 0) is 128 Å². The zero-order valence-electron chi connectivity index (χ0n) is 64.5. The number of hydrogen-bond acceptors (Lipinski definition) is 15. The van der Waals surface area contributed by atoms with E-state index in [1.807, 2.05) is 0 Å². The number of phosphoric ester groups is 2. The fourth-order valence-electron chi connectivity index (χ4n) is 10.9. The molecule has 0 aromatic rings. The Balaban J connectivity index is 5.30. The van der Waals surface area contributed by atoms with Crippen LogP contribution in [-0.4, -0.2) is 96.7 Å². The molecule has 0 aliphatic carbocycles. The number of aliphatic hydroxyl groups is 1. The summed E-state index contributed by atoms with van der Waals surface area (Å²) in [6.07, 6.45) is 79.5. The van der Waals surface area contributed by atoms with E-state index in [2.05, 4.69) is 125 Å². The quantitative estimate of drug-likeness (QED) is 0.0169. The zero-order valence-corrected chi connectivity index (χ0v) is 66.3. The molecule has 3 N–H and O–H groups in total. The van der Waals surface area contributed by atoms with Gasteiger partial charge in [0.25, 0.3) is 0 Å². The molecule has 0 aliphatic heterocycles. The van der Waals surface area contributed by atoms with Crippen molar-refractivity contribution in [3.63, 3.8) is 0 Å². The van der Waals surface area contributed by atoms with Gasteiger partial charge in [0.05, 0.1) is 26.4 Å². The average Bonchev–Trinajstić information content (AvgIpc) is 0.928. The molecular weight excluding hydrogens is 1330 g/mol. The third-order valence-corrected chi connectivity index (χ3v) is 18.9. The van der Waals surface area contributed by atoms with E-state index in [9.17, 15) is 43.2 Å². The smallest absolute Gasteiger partial charge is 0.462 e. The highest BCUT2D eigenvalue weighted by molar-refractivity contribution is 7.47. The molecule has 5 unspecified atom stereocenters. The molecule has 0 amide bonds. The molecule has 5 atom stereocenters. The minimum Gasteiger partial charge on any atom is -0.462 e. The topological polar surface area (TPSA) is 237 Å². The normalized spacial score (nSPS) is 14.4. The van der Waals surface area contributed by atoms with Crippen molar-refractivity contribution >= 4 is 39.5 Å². The Morgan fingerprint density at radius 1 is 0.284 bits per heavy atom. The van der Waals surface area contributed by atoms with Gasteiger partial charge in [-0.2, -0.15) is 0 Å². The van der Waals surface area contributed by atoms with Gasteiger partial charge in [-0.1, -0.05) is 292 Å². The van der Waals surface area contributed by atoms with Crippen molar-refractivity contribution in [3.05, 3.63) is 97.2 Å². The number of ether oxygens (including phenoxy) is 4. The summed E-state index contributed by atoms with van der Waals surface area (Å²) in [6.45, 7) is 4.71. The van der Waals surface area contributed by atoms with Crippen molar-refractivity contribution in [2.45, 2.75) is 367 Å². The highest BCUT2D eigenvalue weighted by atomic mass is 31.2. The van der Waals surface area contributed by atoms with Crippen LogP contribution in [0.1, 0.15) is 349 Å². The molecule has 0 spiro atoms. The molecule has 590 valence electrons. The molecule has 0 saturated heterocycles. The number of aliphatic hydroxyl groups excluding tert-OH is 1. The lowest BCUT2D eigenvalue weighted by molar-refractivity contribution is -0.161. The largest absolute Gasteiger partial charge is 0.472 e. The number of rotatable bonds is 76. The Bertz CT molecular complexity index is 2310. The van der Waals surface area contributed by atoms with Crippen LogP contribution in [0.2, 0.25) is 0 Å². The van der Waals surface area contributed by atoms with Crippen molar-refractivity contribution in [2.24, 2.45) is 0 Å². The van der Waals surface area contributed by atoms with Gasteiger partial charge in [-0.15, -0.1) is 0 Å². The maximum Gasteiger partial charge on any atom is 0.472 e. The molecule has 0 aliphatic rings. The summed E-state index contributed by atoms with van der Waals surface area (Å²) in [5.41, 5.74) is 0. The number of phosphoric acid groups is 2. The molecule has 0 aromatic carbocycles. The summed E-state index contributed by atoms with van der Waals surface area (Å²) in [7, 11) is -9.95. The molecule has 19 heteroatoms. The van der Waals surface area contributed by atoms with Gasteiger partial charge in [0.2, 0.25) is 0 Å². The van der Waals surface area contributed by atoms with Crippen LogP contribution in [0.15, 0.2) is 97.2 Å². The van der Waals surface area contributed by atoms with Crippen LogP contribution >= 0.6 is 15.6 Å². The second kappa shape index (κ2) is 75.2. The van der Waals surface area contributed by atoms with Crippen molar-refractivity contribution < 1.29 is 80.2 Å². The Kier molecular flexibility index (Phi) is 72.3. The van der Waals surface area contributed by atoms with Crippen LogP contribution in [-0.2, 0) is 65.4 Å². The van der Waals surface area contributed by atoms with E-state index >= 15 is 0 Å². The number of esters is 4. The van der Waals surface area contributed by atoms with E-state index in [1.165, 1.54) is 83.5 Å². The first-order chi connectivity index (χ1) is 49.7. The second-order valence-electron chi connectivity index (χ2n) is 27.0. The number of unbranched alkanes of at least 4 members (excludes halogenated alkanes) is 34. The Hall–Kier alpha value is -4.02. The Morgan fingerprint density at radius 2 is 0.510 bits per heavy atom. The summed E-state index contributed by atoms with van der Waals surface area (Å²) in [6, 6.07) is 0. The highest BCUT2D eigenvalue weighted by Gasteiger charge is 2.30. The number of carbonyl (C=O) groups excluding carboxylic acids is 4. The van der Waals surface area contributed by atoms with E-state index < -0.39 is 97.5 Å². The molecule has 0 bridgehead atoms.